The zero-order valence-electron chi connectivity index (χ0n) is 9.17. The largest absolute Gasteiger partial charge is 2.00 e. The second kappa shape index (κ2) is 13.2. The first-order valence-corrected chi connectivity index (χ1v) is 4.38. The molecule has 0 aliphatic carbocycles. The molecule has 0 heterocycles. The van der Waals surface area contributed by atoms with Crippen LogP contribution in [0.4, 0.5) is 0 Å². The van der Waals surface area contributed by atoms with Gasteiger partial charge in [0.15, 0.2) is 0 Å². The Morgan fingerprint density at radius 1 is 0.846 bits per heavy atom. The fourth-order valence-electron chi connectivity index (χ4n) is 0.122. The van der Waals surface area contributed by atoms with Gasteiger partial charge in [-0.15, -0.1) is 0 Å². The van der Waals surface area contributed by atoms with Crippen LogP contribution in [0, 0.1) is 0 Å². The van der Waals surface area contributed by atoms with Crippen LogP contribution in [-0.4, -0.2) is 75.5 Å². The number of hydrogen-bond donors (Lipinski definition) is 0. The van der Waals surface area contributed by atoms with E-state index in [2.05, 4.69) is 4.31 Å². The predicted octanol–water partition coefficient (Wildman–Crippen LogP) is -9.87. The van der Waals surface area contributed by atoms with E-state index in [4.69, 9.17) is 0 Å². The van der Waals surface area contributed by atoms with Gasteiger partial charge in [0.2, 0.25) is 0 Å². The van der Waals surface area contributed by atoms with Crippen molar-refractivity contribution in [3.8, 4) is 0 Å². The molecule has 0 aromatic rings. The van der Waals surface area contributed by atoms with E-state index in [9.17, 15) is 28.7 Å². The molecule has 7 nitrogen and oxygen atoms in total. The van der Waals surface area contributed by atoms with Gasteiger partial charge in [-0.25, -0.2) is 0 Å². The number of phosphoric acid groups is 2. The van der Waals surface area contributed by atoms with Crippen LogP contribution in [0.2, 0.25) is 0 Å². The molecule has 0 fully saturated rings. The van der Waals surface area contributed by atoms with Gasteiger partial charge in [-0.3, -0.25) is 0 Å². The molecular weight excluding hydrogens is 300 g/mol. The van der Waals surface area contributed by atoms with E-state index in [1.807, 2.05) is 0 Å². The summed E-state index contributed by atoms with van der Waals surface area (Å²) in [5.41, 5.74) is 0. The maximum absolute atomic E-state index is 9.32. The molecule has 0 saturated heterocycles. The third-order valence-corrected chi connectivity index (χ3v) is 1.80. The molecule has 0 bridgehead atoms. The quantitative estimate of drug-likeness (QED) is 0.365. The summed E-state index contributed by atoms with van der Waals surface area (Å²) in [6.07, 6.45) is 0. The van der Waals surface area contributed by atoms with Crippen molar-refractivity contribution in [2.24, 2.45) is 0 Å². The third-order valence-electron chi connectivity index (χ3n) is 0.200. The van der Waals surface area contributed by atoms with Gasteiger partial charge in [0, 0.05) is 0 Å². The van der Waals surface area contributed by atoms with Gasteiger partial charge in [-0.05, 0) is 0 Å². The average molecular weight is 302 g/mol. The molecule has 0 amide bonds. The fraction of sp³-hybridized carbons (Fsp3) is 0. The van der Waals surface area contributed by atoms with E-state index in [-0.39, 0.29) is 137 Å². The summed E-state index contributed by atoms with van der Waals surface area (Å²) in [4.78, 5) is 37.3. The van der Waals surface area contributed by atoms with Crippen molar-refractivity contribution in [2.75, 3.05) is 0 Å². The smallest absolute Gasteiger partial charge is 1.00 e. The average Bonchev–Trinajstić information content (AvgIpc) is 1.14. The van der Waals surface area contributed by atoms with Crippen molar-refractivity contribution in [1.29, 1.82) is 0 Å². The minimum Gasteiger partial charge on any atom is -1.00 e. The van der Waals surface area contributed by atoms with Crippen LogP contribution < -0.4 is 78.7 Å². The Morgan fingerprint density at radius 3 is 1.00 bits per heavy atom. The zero-order valence-corrected chi connectivity index (χ0v) is 17.4. The minimum absolute atomic E-state index is 0. The van der Waals surface area contributed by atoms with Crippen LogP contribution in [0.5, 0.6) is 0 Å². The fourth-order valence-corrected chi connectivity index (χ4v) is 1.10. The minimum atomic E-state index is -5.68. The Kier molecular flexibility index (Phi) is 31.2. The van der Waals surface area contributed by atoms with E-state index in [1.54, 1.807) is 0 Å². The first-order chi connectivity index (χ1) is 3.71. The Labute approximate surface area is 182 Å². The molecule has 0 radical (unpaired) electrons. The van der Waals surface area contributed by atoms with E-state index >= 15 is 0 Å². The van der Waals surface area contributed by atoms with E-state index in [0.717, 1.165) is 0 Å². The van der Waals surface area contributed by atoms with Crippen molar-refractivity contribution in [3.05, 3.63) is 0 Å². The molecule has 13 heavy (non-hydrogen) atoms. The number of hydrogen-bond acceptors (Lipinski definition) is 7. The molecule has 0 atom stereocenters. The maximum Gasteiger partial charge on any atom is 2.00 e. The van der Waals surface area contributed by atoms with Crippen molar-refractivity contribution in [1.82, 2.24) is 0 Å². The topological polar surface area (TPSA) is 136 Å². The van der Waals surface area contributed by atoms with E-state index in [1.165, 1.54) is 0 Å². The van der Waals surface area contributed by atoms with Gasteiger partial charge in [0.05, 0.1) is 15.6 Å². The summed E-state index contributed by atoms with van der Waals surface area (Å²) in [5.74, 6) is 0. The van der Waals surface area contributed by atoms with Crippen LogP contribution in [0.1, 0.15) is 2.85 Å². The van der Waals surface area contributed by atoms with Crippen molar-refractivity contribution in [3.63, 3.8) is 0 Å². The molecule has 0 aliphatic rings. The summed E-state index contributed by atoms with van der Waals surface area (Å²) in [6.45, 7) is 0. The Balaban J connectivity index is -0.0000000213. The van der Waals surface area contributed by atoms with E-state index in [0.29, 0.717) is 0 Å². The monoisotopic (exact) mass is 302 g/mol. The molecule has 60 valence electrons. The molecule has 0 saturated carbocycles. The van der Waals surface area contributed by atoms with Crippen molar-refractivity contribution < 1.29 is 95.0 Å². The second-order valence-electron chi connectivity index (χ2n) is 0.976. The Hall–Kier alpha value is 4.78. The van der Waals surface area contributed by atoms with Crippen LogP contribution in [0.15, 0.2) is 0 Å². The summed E-state index contributed by atoms with van der Waals surface area (Å²) in [6, 6.07) is 0. The van der Waals surface area contributed by atoms with Crippen LogP contribution in [-0.2, 0) is 13.4 Å². The number of rotatable bonds is 2. The molecule has 0 aromatic carbocycles. The maximum atomic E-state index is 9.32. The van der Waals surface area contributed by atoms with E-state index < -0.39 is 15.6 Å². The Bertz CT molecular complexity index is 171. The molecule has 13 heteroatoms. The summed E-state index contributed by atoms with van der Waals surface area (Å²) < 4.78 is 21.2. The third kappa shape index (κ3) is 31.5. The summed E-state index contributed by atoms with van der Waals surface area (Å²) >= 11 is 0. The van der Waals surface area contributed by atoms with Gasteiger partial charge in [-0.2, -0.15) is 0 Å². The van der Waals surface area contributed by atoms with Crippen LogP contribution in [0.25, 0.3) is 0 Å². The van der Waals surface area contributed by atoms with Gasteiger partial charge >= 0.3 is 135 Å². The SMILES string of the molecule is O=P([O-])([O-])OP(=O)([O-])[O-].[Ca+2].[Ca+2].[H-].[H-].[Na+].[Na+]. The Morgan fingerprint density at radius 2 is 1.00 bits per heavy atom. The first kappa shape index (κ1) is 30.7. The van der Waals surface area contributed by atoms with Gasteiger partial charge in [0.25, 0.3) is 0 Å². The van der Waals surface area contributed by atoms with Gasteiger partial charge in [0.1, 0.15) is 0 Å². The second-order valence-corrected chi connectivity index (χ2v) is 3.42. The first-order valence-electron chi connectivity index (χ1n) is 1.46. The molecular formula is H2Ca2Na2O7P2. The van der Waals surface area contributed by atoms with Crippen LogP contribution in [0.3, 0.4) is 0 Å². The molecule has 0 rings (SSSR count). The summed E-state index contributed by atoms with van der Waals surface area (Å²) in [5, 5.41) is 0. The molecule has 0 aliphatic heterocycles. The van der Waals surface area contributed by atoms with Crippen molar-refractivity contribution in [2.45, 2.75) is 0 Å². The normalized spacial score (nSPS) is 9.54. The molecule has 0 unspecified atom stereocenters. The molecule has 0 N–H and O–H groups in total. The zero-order chi connectivity index (χ0) is 7.71. The molecule has 0 aromatic heterocycles. The molecule has 0 spiro atoms. The predicted molar refractivity (Wildman–Crippen MR) is 30.0 cm³/mol. The van der Waals surface area contributed by atoms with Gasteiger partial charge in [-0.1, -0.05) is 0 Å². The van der Waals surface area contributed by atoms with Crippen molar-refractivity contribution >= 4 is 91.1 Å². The summed E-state index contributed by atoms with van der Waals surface area (Å²) in [7, 11) is -11.4. The van der Waals surface area contributed by atoms with Gasteiger partial charge < -0.3 is 35.9 Å². The van der Waals surface area contributed by atoms with Crippen LogP contribution >= 0.6 is 15.6 Å². The standard InChI is InChI=1S/2Ca.2Na.H4O7P2.2H/c;;;;1-8(2,3)7-9(4,5)6;;/h;;;;(H2,1,2,3)(H2,4,5,6);;/q2*+2;2*+1;;2*-1/p-4.